The molecule has 1 aromatic heterocycles. The van der Waals surface area contributed by atoms with E-state index in [4.69, 9.17) is 23.2 Å². The van der Waals surface area contributed by atoms with Crippen LogP contribution >= 0.6 is 23.2 Å². The molecule has 0 radical (unpaired) electrons. The number of halogens is 3. The van der Waals surface area contributed by atoms with E-state index in [1.54, 1.807) is 13.0 Å². The molecule has 138 valence electrons. The fraction of sp³-hybridized carbons (Fsp3) is 0.100. The standard InChI is InChI=1S/C20H15Cl2FN2O2/c1-11(14-9-17(23)16(22)10-15(14)21)24-19(26)13-7-8-18(25-20(13)27)12-5-3-2-4-6-12/h2-11H,1H3,(H,24,26)(H,25,27). The van der Waals surface area contributed by atoms with Crippen molar-refractivity contribution in [1.82, 2.24) is 10.3 Å². The van der Waals surface area contributed by atoms with Crippen LogP contribution in [0.3, 0.4) is 0 Å². The van der Waals surface area contributed by atoms with Crippen LogP contribution in [0.15, 0.2) is 59.4 Å². The van der Waals surface area contributed by atoms with Gasteiger partial charge in [-0.15, -0.1) is 0 Å². The lowest BCUT2D eigenvalue weighted by Gasteiger charge is -2.16. The Morgan fingerprint density at radius 3 is 2.44 bits per heavy atom. The fourth-order valence-electron chi connectivity index (χ4n) is 2.66. The quantitative estimate of drug-likeness (QED) is 0.602. The third-order valence-electron chi connectivity index (χ3n) is 4.09. The molecule has 4 nitrogen and oxygen atoms in total. The van der Waals surface area contributed by atoms with Gasteiger partial charge in [0.2, 0.25) is 0 Å². The number of aromatic nitrogens is 1. The number of H-pyrrole nitrogens is 1. The molecule has 0 saturated carbocycles. The molecule has 1 atom stereocenters. The number of hydrogen-bond acceptors (Lipinski definition) is 2. The average Bonchev–Trinajstić information content (AvgIpc) is 2.65. The van der Waals surface area contributed by atoms with Gasteiger partial charge in [-0.3, -0.25) is 9.59 Å². The zero-order valence-corrected chi connectivity index (χ0v) is 15.7. The minimum absolute atomic E-state index is 0.0490. The van der Waals surface area contributed by atoms with Gasteiger partial charge in [-0.25, -0.2) is 4.39 Å². The first-order chi connectivity index (χ1) is 12.9. The predicted molar refractivity (Wildman–Crippen MR) is 105 cm³/mol. The average molecular weight is 405 g/mol. The summed E-state index contributed by atoms with van der Waals surface area (Å²) in [4.78, 5) is 27.5. The van der Waals surface area contributed by atoms with Gasteiger partial charge >= 0.3 is 0 Å². The van der Waals surface area contributed by atoms with E-state index in [2.05, 4.69) is 10.3 Å². The van der Waals surface area contributed by atoms with Gasteiger partial charge < -0.3 is 10.3 Å². The van der Waals surface area contributed by atoms with Gasteiger partial charge in [0.25, 0.3) is 11.5 Å². The molecule has 0 saturated heterocycles. The van der Waals surface area contributed by atoms with Crippen LogP contribution in [0.1, 0.15) is 28.9 Å². The van der Waals surface area contributed by atoms with Crippen molar-refractivity contribution in [1.29, 1.82) is 0 Å². The second-order valence-electron chi connectivity index (χ2n) is 5.96. The van der Waals surface area contributed by atoms with Gasteiger partial charge in [-0.2, -0.15) is 0 Å². The number of amides is 1. The molecule has 2 N–H and O–H groups in total. The molecule has 1 unspecified atom stereocenters. The third-order valence-corrected chi connectivity index (χ3v) is 4.71. The lowest BCUT2D eigenvalue weighted by atomic mass is 10.1. The maximum Gasteiger partial charge on any atom is 0.261 e. The third kappa shape index (κ3) is 4.21. The highest BCUT2D eigenvalue weighted by Gasteiger charge is 2.18. The van der Waals surface area contributed by atoms with E-state index in [1.165, 1.54) is 18.2 Å². The molecular weight excluding hydrogens is 390 g/mol. The van der Waals surface area contributed by atoms with Gasteiger partial charge in [0.05, 0.1) is 11.1 Å². The van der Waals surface area contributed by atoms with E-state index in [0.717, 1.165) is 5.56 Å². The summed E-state index contributed by atoms with van der Waals surface area (Å²) in [6, 6.07) is 14.2. The number of carbonyl (C=O) groups excluding carboxylic acids is 1. The molecular formula is C20H15Cl2FN2O2. The predicted octanol–water partition coefficient (Wildman–Crippen LogP) is 4.98. The topological polar surface area (TPSA) is 62.0 Å². The van der Waals surface area contributed by atoms with Gasteiger partial charge in [-0.05, 0) is 42.3 Å². The van der Waals surface area contributed by atoms with Gasteiger partial charge in [0, 0.05) is 10.7 Å². The summed E-state index contributed by atoms with van der Waals surface area (Å²) in [7, 11) is 0. The molecule has 3 aromatic rings. The second kappa shape index (κ2) is 7.94. The number of rotatable bonds is 4. The summed E-state index contributed by atoms with van der Waals surface area (Å²) in [5, 5.41) is 2.77. The maximum absolute atomic E-state index is 13.7. The lowest BCUT2D eigenvalue weighted by Crippen LogP contribution is -2.31. The Hall–Kier alpha value is -2.63. The molecule has 1 heterocycles. The van der Waals surface area contributed by atoms with Crippen molar-refractivity contribution in [3.05, 3.63) is 91.9 Å². The summed E-state index contributed by atoms with van der Waals surface area (Å²) in [6.45, 7) is 1.64. The van der Waals surface area contributed by atoms with Crippen LogP contribution in [0.4, 0.5) is 4.39 Å². The Morgan fingerprint density at radius 2 is 1.78 bits per heavy atom. The number of carbonyl (C=O) groups is 1. The number of hydrogen-bond donors (Lipinski definition) is 2. The number of benzene rings is 2. The zero-order valence-electron chi connectivity index (χ0n) is 14.2. The van der Waals surface area contributed by atoms with Crippen molar-refractivity contribution in [2.75, 3.05) is 0 Å². The second-order valence-corrected chi connectivity index (χ2v) is 6.78. The first-order valence-corrected chi connectivity index (χ1v) is 8.86. The van der Waals surface area contributed by atoms with Crippen molar-refractivity contribution in [3.63, 3.8) is 0 Å². The first-order valence-electron chi connectivity index (χ1n) is 8.11. The maximum atomic E-state index is 13.7. The molecule has 3 rings (SSSR count). The van der Waals surface area contributed by atoms with Crippen molar-refractivity contribution in [3.8, 4) is 11.3 Å². The first kappa shape index (κ1) is 19.1. The Bertz CT molecular complexity index is 1050. The summed E-state index contributed by atoms with van der Waals surface area (Å²) in [6.07, 6.45) is 0. The van der Waals surface area contributed by atoms with Crippen LogP contribution in [0.25, 0.3) is 11.3 Å². The molecule has 1 amide bonds. The van der Waals surface area contributed by atoms with E-state index >= 15 is 0 Å². The Balaban J connectivity index is 1.82. The van der Waals surface area contributed by atoms with Crippen LogP contribution in [-0.2, 0) is 0 Å². The largest absolute Gasteiger partial charge is 0.345 e. The highest BCUT2D eigenvalue weighted by molar-refractivity contribution is 6.35. The fourth-order valence-corrected chi connectivity index (χ4v) is 3.21. The normalized spacial score (nSPS) is 11.9. The van der Waals surface area contributed by atoms with E-state index in [9.17, 15) is 14.0 Å². The van der Waals surface area contributed by atoms with Gasteiger partial charge in [0.15, 0.2) is 0 Å². The number of aromatic amines is 1. The highest BCUT2D eigenvalue weighted by atomic mass is 35.5. The van der Waals surface area contributed by atoms with Crippen LogP contribution in [-0.4, -0.2) is 10.9 Å². The van der Waals surface area contributed by atoms with E-state index in [-0.39, 0.29) is 15.6 Å². The Labute approximate surface area is 165 Å². The molecule has 0 aliphatic carbocycles. The van der Waals surface area contributed by atoms with E-state index in [1.807, 2.05) is 30.3 Å². The molecule has 0 aliphatic heterocycles. The van der Waals surface area contributed by atoms with E-state index in [0.29, 0.717) is 11.3 Å². The Kier molecular flexibility index (Phi) is 5.63. The molecule has 27 heavy (non-hydrogen) atoms. The number of nitrogens with one attached hydrogen (secondary N) is 2. The summed E-state index contributed by atoms with van der Waals surface area (Å²) in [5.74, 6) is -1.22. The van der Waals surface area contributed by atoms with Crippen molar-refractivity contribution < 1.29 is 9.18 Å². The molecule has 0 fully saturated rings. The van der Waals surface area contributed by atoms with E-state index < -0.39 is 23.3 Å². The van der Waals surface area contributed by atoms with Crippen LogP contribution in [0.5, 0.6) is 0 Å². The number of pyridine rings is 1. The molecule has 0 bridgehead atoms. The smallest absolute Gasteiger partial charge is 0.261 e. The Morgan fingerprint density at radius 1 is 1.07 bits per heavy atom. The molecule has 0 spiro atoms. The minimum Gasteiger partial charge on any atom is -0.345 e. The van der Waals surface area contributed by atoms with Crippen LogP contribution in [0, 0.1) is 5.82 Å². The van der Waals surface area contributed by atoms with Crippen molar-refractivity contribution in [2.45, 2.75) is 13.0 Å². The highest BCUT2D eigenvalue weighted by Crippen LogP contribution is 2.28. The van der Waals surface area contributed by atoms with Crippen LogP contribution in [0.2, 0.25) is 10.0 Å². The SMILES string of the molecule is CC(NC(=O)c1ccc(-c2ccccc2)[nH]c1=O)c1cc(F)c(Cl)cc1Cl. The summed E-state index contributed by atoms with van der Waals surface area (Å²) < 4.78 is 13.7. The summed E-state index contributed by atoms with van der Waals surface area (Å²) >= 11 is 11.8. The monoisotopic (exact) mass is 404 g/mol. The van der Waals surface area contributed by atoms with Crippen molar-refractivity contribution >= 4 is 29.1 Å². The van der Waals surface area contributed by atoms with Crippen LogP contribution < -0.4 is 10.9 Å². The zero-order chi connectivity index (χ0) is 19.6. The van der Waals surface area contributed by atoms with Crippen molar-refractivity contribution in [2.24, 2.45) is 0 Å². The minimum atomic E-state index is -0.637. The van der Waals surface area contributed by atoms with Gasteiger partial charge in [-0.1, -0.05) is 53.5 Å². The lowest BCUT2D eigenvalue weighted by molar-refractivity contribution is 0.0938. The molecule has 2 aromatic carbocycles. The summed E-state index contributed by atoms with van der Waals surface area (Å²) in [5.41, 5.74) is 1.23. The molecule has 7 heteroatoms. The van der Waals surface area contributed by atoms with Gasteiger partial charge in [0.1, 0.15) is 11.4 Å². The molecule has 0 aliphatic rings.